The van der Waals surface area contributed by atoms with Gasteiger partial charge >= 0.3 is 0 Å². The van der Waals surface area contributed by atoms with E-state index in [-0.39, 0.29) is 31.3 Å². The second-order valence-electron chi connectivity index (χ2n) is 9.38. The van der Waals surface area contributed by atoms with Crippen LogP contribution in [0.25, 0.3) is 0 Å². The second kappa shape index (κ2) is 18.0. The van der Waals surface area contributed by atoms with Crippen LogP contribution in [0, 0.1) is 0 Å². The van der Waals surface area contributed by atoms with Crippen molar-refractivity contribution in [1.82, 2.24) is 10.6 Å². The smallest absolute Gasteiger partial charge is 0.220 e. The Morgan fingerprint density at radius 3 is 2.14 bits per heavy atom. The molecule has 0 aromatic heterocycles. The van der Waals surface area contributed by atoms with Crippen molar-refractivity contribution in [2.24, 2.45) is 0 Å². The van der Waals surface area contributed by atoms with Crippen LogP contribution in [0.3, 0.4) is 0 Å². The number of carbonyl (C=O) groups is 2. The van der Waals surface area contributed by atoms with Gasteiger partial charge in [-0.15, -0.1) is 0 Å². The third-order valence-electron chi connectivity index (χ3n) is 6.31. The Morgan fingerprint density at radius 2 is 1.56 bits per heavy atom. The summed E-state index contributed by atoms with van der Waals surface area (Å²) < 4.78 is 10.8. The van der Waals surface area contributed by atoms with E-state index in [4.69, 9.17) is 9.47 Å². The molecule has 0 spiro atoms. The zero-order valence-corrected chi connectivity index (χ0v) is 21.4. The summed E-state index contributed by atoms with van der Waals surface area (Å²) in [4.78, 5) is 23.3. The molecule has 1 rings (SSSR count). The molecule has 1 heterocycles. The number of rotatable bonds is 18. The van der Waals surface area contributed by atoms with Crippen molar-refractivity contribution >= 4 is 11.8 Å². The Bertz CT molecular complexity index is 624. The summed E-state index contributed by atoms with van der Waals surface area (Å²) in [5.41, 5.74) is 0. The van der Waals surface area contributed by atoms with Gasteiger partial charge in [0.2, 0.25) is 11.8 Å². The van der Waals surface area contributed by atoms with Crippen molar-refractivity contribution in [2.75, 3.05) is 19.8 Å². The highest BCUT2D eigenvalue weighted by Crippen LogP contribution is 2.22. The maximum Gasteiger partial charge on any atom is 0.220 e. The van der Waals surface area contributed by atoms with E-state index in [2.05, 4.69) is 10.6 Å². The highest BCUT2D eigenvalue weighted by atomic mass is 16.7. The Morgan fingerprint density at radius 1 is 0.944 bits per heavy atom. The van der Waals surface area contributed by atoms with Crippen LogP contribution in [-0.2, 0) is 19.1 Å². The molecule has 12 heteroatoms. The molecule has 2 unspecified atom stereocenters. The lowest BCUT2D eigenvalue weighted by atomic mass is 9.99. The monoisotopic (exact) mass is 522 g/mol. The van der Waals surface area contributed by atoms with Crippen LogP contribution in [-0.4, -0.2) is 111 Å². The van der Waals surface area contributed by atoms with Gasteiger partial charge in [0, 0.05) is 19.9 Å². The van der Waals surface area contributed by atoms with Gasteiger partial charge < -0.3 is 50.7 Å². The first-order valence-electron chi connectivity index (χ1n) is 12.9. The van der Waals surface area contributed by atoms with Crippen LogP contribution in [0.5, 0.6) is 0 Å². The third kappa shape index (κ3) is 11.8. The molecule has 0 aromatic carbocycles. The maximum absolute atomic E-state index is 12.5. The highest BCUT2D eigenvalue weighted by Gasteiger charge is 2.44. The summed E-state index contributed by atoms with van der Waals surface area (Å²) in [6, 6.07) is -1.01. The average Bonchev–Trinajstić information content (AvgIpc) is 2.86. The zero-order chi connectivity index (χ0) is 27.1. The molecule has 12 nitrogen and oxygen atoms in total. The molecular weight excluding hydrogens is 476 g/mol. The van der Waals surface area contributed by atoms with Gasteiger partial charge in [0.15, 0.2) is 6.29 Å². The number of aliphatic hydroxyl groups excluding tert-OH is 6. The largest absolute Gasteiger partial charge is 0.394 e. The highest BCUT2D eigenvalue weighted by molar-refractivity contribution is 5.76. The standard InChI is InChI=1S/C24H46N2O10/c1-3-17(29)20(31)16(14-35-24-23(34)22(33)21(32)18(13-27)36-24)26-19(30)11-9-7-5-4-6-8-10-12-25-15(2)28/h16-18,20-24,27,29,31-34H,3-14H2,1-2H3,(H,25,28)(H,26,30)/t16-,17+,18?,20-,21-,22-,23?,24-/m0/s1. The topological polar surface area (TPSA) is 198 Å². The second-order valence-corrected chi connectivity index (χ2v) is 9.38. The predicted octanol–water partition coefficient (Wildman–Crippen LogP) is -1.32. The van der Waals surface area contributed by atoms with E-state index < -0.39 is 55.6 Å². The molecule has 1 aliphatic rings. The van der Waals surface area contributed by atoms with Gasteiger partial charge in [0.1, 0.15) is 30.5 Å². The van der Waals surface area contributed by atoms with Gasteiger partial charge in [-0.05, 0) is 19.3 Å². The summed E-state index contributed by atoms with van der Waals surface area (Å²) in [6.45, 7) is 2.91. The molecule has 0 aliphatic carbocycles. The molecule has 2 amide bonds. The Balaban J connectivity index is 2.44. The van der Waals surface area contributed by atoms with E-state index in [1.807, 2.05) is 0 Å². The molecule has 1 aliphatic heterocycles. The lowest BCUT2D eigenvalue weighted by molar-refractivity contribution is -0.303. The molecule has 8 N–H and O–H groups in total. The number of hydrogen-bond donors (Lipinski definition) is 8. The minimum atomic E-state index is -1.61. The summed E-state index contributed by atoms with van der Waals surface area (Å²) in [5, 5.41) is 65.2. The van der Waals surface area contributed by atoms with Crippen molar-refractivity contribution in [3.8, 4) is 0 Å². The van der Waals surface area contributed by atoms with Gasteiger partial charge in [-0.25, -0.2) is 0 Å². The fraction of sp³-hybridized carbons (Fsp3) is 0.917. The third-order valence-corrected chi connectivity index (χ3v) is 6.31. The molecule has 1 saturated heterocycles. The maximum atomic E-state index is 12.5. The van der Waals surface area contributed by atoms with E-state index in [1.54, 1.807) is 6.92 Å². The Labute approximate surface area is 213 Å². The lowest BCUT2D eigenvalue weighted by Gasteiger charge is -2.40. The van der Waals surface area contributed by atoms with Crippen molar-refractivity contribution in [1.29, 1.82) is 0 Å². The molecule has 36 heavy (non-hydrogen) atoms. The fourth-order valence-corrected chi connectivity index (χ4v) is 3.98. The van der Waals surface area contributed by atoms with Gasteiger partial charge in [0.25, 0.3) is 0 Å². The van der Waals surface area contributed by atoms with E-state index in [9.17, 15) is 40.2 Å². The van der Waals surface area contributed by atoms with Crippen LogP contribution in [0.4, 0.5) is 0 Å². The summed E-state index contributed by atoms with van der Waals surface area (Å²) in [6.07, 6.45) is -2.74. The molecule has 0 bridgehead atoms. The minimum Gasteiger partial charge on any atom is -0.394 e. The van der Waals surface area contributed by atoms with Crippen molar-refractivity contribution in [3.63, 3.8) is 0 Å². The Hall–Kier alpha value is -1.38. The Kier molecular flexibility index (Phi) is 16.3. The fourth-order valence-electron chi connectivity index (χ4n) is 3.98. The van der Waals surface area contributed by atoms with Crippen molar-refractivity contribution < 1.29 is 49.7 Å². The number of ether oxygens (including phenoxy) is 2. The van der Waals surface area contributed by atoms with E-state index >= 15 is 0 Å². The lowest BCUT2D eigenvalue weighted by Crippen LogP contribution is -2.60. The first kappa shape index (κ1) is 32.6. The molecule has 8 atom stereocenters. The minimum absolute atomic E-state index is 0.0207. The number of hydrogen-bond acceptors (Lipinski definition) is 10. The van der Waals surface area contributed by atoms with Crippen LogP contribution in [0.2, 0.25) is 0 Å². The summed E-state index contributed by atoms with van der Waals surface area (Å²) >= 11 is 0. The molecule has 212 valence electrons. The summed E-state index contributed by atoms with van der Waals surface area (Å²) in [5.74, 6) is -0.345. The van der Waals surface area contributed by atoms with E-state index in [0.717, 1.165) is 38.5 Å². The number of carbonyl (C=O) groups excluding carboxylic acids is 2. The van der Waals surface area contributed by atoms with E-state index in [0.29, 0.717) is 13.0 Å². The number of aliphatic hydroxyl groups is 6. The van der Waals surface area contributed by atoms with Crippen molar-refractivity contribution in [2.45, 2.75) is 121 Å². The number of nitrogens with one attached hydrogen (secondary N) is 2. The summed E-state index contributed by atoms with van der Waals surface area (Å²) in [7, 11) is 0. The van der Waals surface area contributed by atoms with Gasteiger partial charge in [-0.1, -0.05) is 39.0 Å². The molecule has 0 aromatic rings. The number of unbranched alkanes of at least 4 members (excludes halogenated alkanes) is 6. The van der Waals surface area contributed by atoms with Gasteiger partial charge in [-0.3, -0.25) is 9.59 Å². The van der Waals surface area contributed by atoms with Crippen LogP contribution in [0.15, 0.2) is 0 Å². The molecule has 0 saturated carbocycles. The quantitative estimate of drug-likeness (QED) is 0.0999. The van der Waals surface area contributed by atoms with Crippen LogP contribution < -0.4 is 10.6 Å². The van der Waals surface area contributed by atoms with Crippen LogP contribution >= 0.6 is 0 Å². The van der Waals surface area contributed by atoms with Gasteiger partial charge in [0.05, 0.1) is 25.4 Å². The first-order chi connectivity index (χ1) is 17.1. The molecule has 0 radical (unpaired) electrons. The number of amides is 2. The average molecular weight is 523 g/mol. The first-order valence-corrected chi connectivity index (χ1v) is 12.9. The predicted molar refractivity (Wildman–Crippen MR) is 130 cm³/mol. The molecular formula is C24H46N2O10. The zero-order valence-electron chi connectivity index (χ0n) is 21.4. The van der Waals surface area contributed by atoms with Crippen molar-refractivity contribution in [3.05, 3.63) is 0 Å². The van der Waals surface area contributed by atoms with Gasteiger partial charge in [-0.2, -0.15) is 0 Å². The van der Waals surface area contributed by atoms with E-state index in [1.165, 1.54) is 6.92 Å². The normalized spacial score (nSPS) is 26.7. The molecule has 1 fully saturated rings. The SMILES string of the molecule is CC[C@@H](O)[C@@H](O)[C@H](CO[C@H]1OC(CO)[C@H](O)[C@H](O)C1O)NC(=O)CCCCCCCCCNC(C)=O. The van der Waals surface area contributed by atoms with Crippen LogP contribution in [0.1, 0.15) is 71.6 Å².